The minimum absolute atomic E-state index is 0.0732. The van der Waals surface area contributed by atoms with Crippen molar-refractivity contribution >= 4 is 35.3 Å². The fourth-order valence-electron chi connectivity index (χ4n) is 3.41. The number of nitrogens with zero attached hydrogens (tertiary/aromatic N) is 3. The molecular formula is C20H28N6OS. The van der Waals surface area contributed by atoms with E-state index >= 15 is 0 Å². The zero-order chi connectivity index (χ0) is 19.9. The fraction of sp³-hybridized carbons (Fsp3) is 0.500. The lowest BCUT2D eigenvalue weighted by atomic mass is 9.86. The first-order valence-corrected chi connectivity index (χ1v) is 10.9. The molecule has 8 heteroatoms. The fourth-order valence-corrected chi connectivity index (χ4v) is 4.09. The molecule has 1 fully saturated rings. The first-order chi connectivity index (χ1) is 13.5. The number of aromatic nitrogens is 3. The topological polar surface area (TPSA) is 106 Å². The van der Waals surface area contributed by atoms with Gasteiger partial charge in [-0.2, -0.15) is 15.0 Å². The van der Waals surface area contributed by atoms with E-state index in [4.69, 9.17) is 5.73 Å². The van der Waals surface area contributed by atoms with Gasteiger partial charge >= 0.3 is 0 Å². The smallest absolute Gasteiger partial charge is 0.232 e. The van der Waals surface area contributed by atoms with Crippen LogP contribution in [0.2, 0.25) is 0 Å². The summed E-state index contributed by atoms with van der Waals surface area (Å²) in [5.74, 6) is 2.66. The second kappa shape index (κ2) is 9.73. The molecule has 1 heterocycles. The van der Waals surface area contributed by atoms with Crippen molar-refractivity contribution in [3.05, 3.63) is 35.7 Å². The van der Waals surface area contributed by atoms with Crippen LogP contribution in [0.5, 0.6) is 0 Å². The second-order valence-corrected chi connectivity index (χ2v) is 8.29. The highest BCUT2D eigenvalue weighted by atomic mass is 32.2. The average Bonchev–Trinajstić information content (AvgIpc) is 2.65. The number of nitrogens with one attached hydrogen (secondary N) is 2. The quantitative estimate of drug-likeness (QED) is 0.654. The summed E-state index contributed by atoms with van der Waals surface area (Å²) in [6.45, 7) is 4.23. The molecule has 2 aromatic rings. The normalized spacial score (nSPS) is 19.2. The molecule has 28 heavy (non-hydrogen) atoms. The van der Waals surface area contributed by atoms with Crippen molar-refractivity contribution in [3.8, 4) is 0 Å². The average molecular weight is 401 g/mol. The van der Waals surface area contributed by atoms with E-state index in [9.17, 15) is 4.79 Å². The Labute approximate surface area is 170 Å². The van der Waals surface area contributed by atoms with Crippen LogP contribution in [0.3, 0.4) is 0 Å². The molecule has 0 spiro atoms. The molecule has 2 atom stereocenters. The Bertz CT molecular complexity index is 815. The number of carbonyl (C=O) groups excluding carboxylic acids is 1. The summed E-state index contributed by atoms with van der Waals surface area (Å²) in [6.07, 6.45) is 4.74. The van der Waals surface area contributed by atoms with Crippen LogP contribution in [-0.4, -0.2) is 32.7 Å². The summed E-state index contributed by atoms with van der Waals surface area (Å²) in [5, 5.41) is 6.35. The number of benzene rings is 1. The number of nitrogen functional groups attached to an aromatic ring is 1. The highest BCUT2D eigenvalue weighted by Crippen LogP contribution is 2.24. The maximum atomic E-state index is 12.2. The number of anilines is 3. The van der Waals surface area contributed by atoms with Crippen molar-refractivity contribution in [2.45, 2.75) is 51.3 Å². The number of amides is 1. The summed E-state index contributed by atoms with van der Waals surface area (Å²) in [6, 6.07) is 8.20. The van der Waals surface area contributed by atoms with Crippen molar-refractivity contribution in [1.29, 1.82) is 0 Å². The van der Waals surface area contributed by atoms with E-state index in [1.54, 1.807) is 0 Å². The van der Waals surface area contributed by atoms with Crippen LogP contribution < -0.4 is 16.4 Å². The lowest BCUT2D eigenvalue weighted by Gasteiger charge is -2.29. The highest BCUT2D eigenvalue weighted by molar-refractivity contribution is 7.99. The molecule has 1 amide bonds. The molecule has 0 radical (unpaired) electrons. The Morgan fingerprint density at radius 2 is 2.00 bits per heavy atom. The number of nitrogens with two attached hydrogens (primary N) is 1. The minimum atomic E-state index is 0.0732. The van der Waals surface area contributed by atoms with Crippen LogP contribution in [0.4, 0.5) is 17.6 Å². The number of thioether (sulfide) groups is 1. The molecule has 1 saturated carbocycles. The minimum Gasteiger partial charge on any atom is -0.368 e. The van der Waals surface area contributed by atoms with Crippen molar-refractivity contribution in [3.63, 3.8) is 0 Å². The van der Waals surface area contributed by atoms with Crippen LogP contribution in [-0.2, 0) is 10.5 Å². The predicted octanol–water partition coefficient (Wildman–Crippen LogP) is 3.43. The molecule has 4 N–H and O–H groups in total. The molecule has 0 aliphatic heterocycles. The molecule has 7 nitrogen and oxygen atoms in total. The van der Waals surface area contributed by atoms with Gasteiger partial charge in [-0.05, 0) is 37.3 Å². The van der Waals surface area contributed by atoms with E-state index in [1.807, 2.05) is 31.2 Å². The molecular weight excluding hydrogens is 372 g/mol. The van der Waals surface area contributed by atoms with Gasteiger partial charge in [-0.15, -0.1) is 11.8 Å². The number of hydrogen-bond donors (Lipinski definition) is 3. The van der Waals surface area contributed by atoms with Gasteiger partial charge in [-0.25, -0.2) is 0 Å². The van der Waals surface area contributed by atoms with Gasteiger partial charge in [0.15, 0.2) is 0 Å². The molecule has 0 bridgehead atoms. The van der Waals surface area contributed by atoms with E-state index in [1.165, 1.54) is 31.0 Å². The van der Waals surface area contributed by atoms with E-state index in [-0.39, 0.29) is 11.9 Å². The summed E-state index contributed by atoms with van der Waals surface area (Å²) in [4.78, 5) is 25.0. The molecule has 0 unspecified atom stereocenters. The van der Waals surface area contributed by atoms with Crippen LogP contribution in [0.15, 0.2) is 24.3 Å². The first-order valence-electron chi connectivity index (χ1n) is 9.71. The van der Waals surface area contributed by atoms with Gasteiger partial charge in [0.25, 0.3) is 0 Å². The maximum absolute atomic E-state index is 12.2. The molecule has 0 saturated heterocycles. The van der Waals surface area contributed by atoms with E-state index in [2.05, 4.69) is 32.5 Å². The zero-order valence-electron chi connectivity index (χ0n) is 16.4. The number of aryl methyl sites for hydroxylation is 1. The van der Waals surface area contributed by atoms with Gasteiger partial charge in [0.05, 0.1) is 11.5 Å². The predicted molar refractivity (Wildman–Crippen MR) is 114 cm³/mol. The third kappa shape index (κ3) is 5.82. The third-order valence-electron chi connectivity index (χ3n) is 5.01. The molecule has 1 aliphatic rings. The largest absolute Gasteiger partial charge is 0.368 e. The highest BCUT2D eigenvalue weighted by Gasteiger charge is 2.22. The van der Waals surface area contributed by atoms with Gasteiger partial charge in [0.2, 0.25) is 17.8 Å². The summed E-state index contributed by atoms with van der Waals surface area (Å²) < 4.78 is 0. The number of para-hydroxylation sites is 1. The second-order valence-electron chi connectivity index (χ2n) is 7.30. The lowest BCUT2D eigenvalue weighted by Crippen LogP contribution is -2.41. The Morgan fingerprint density at radius 1 is 1.21 bits per heavy atom. The molecule has 150 valence electrons. The summed E-state index contributed by atoms with van der Waals surface area (Å²) in [5.41, 5.74) is 7.84. The summed E-state index contributed by atoms with van der Waals surface area (Å²) in [7, 11) is 0. The SMILES string of the molecule is Cc1ccccc1Nc1nc(N)nc(CSCC(=O)N[C@@H]2CCCC[C@@H]2C)n1. The number of hydrogen-bond acceptors (Lipinski definition) is 7. The van der Waals surface area contributed by atoms with Crippen molar-refractivity contribution < 1.29 is 4.79 Å². The lowest BCUT2D eigenvalue weighted by molar-refractivity contribution is -0.119. The maximum Gasteiger partial charge on any atom is 0.232 e. The molecule has 1 aromatic heterocycles. The molecule has 3 rings (SSSR count). The Kier molecular flexibility index (Phi) is 7.08. The van der Waals surface area contributed by atoms with Crippen molar-refractivity contribution in [1.82, 2.24) is 20.3 Å². The summed E-state index contributed by atoms with van der Waals surface area (Å²) >= 11 is 1.48. The Morgan fingerprint density at radius 3 is 2.79 bits per heavy atom. The van der Waals surface area contributed by atoms with E-state index in [0.29, 0.717) is 35.2 Å². The van der Waals surface area contributed by atoms with Crippen LogP contribution in [0.1, 0.15) is 44.0 Å². The van der Waals surface area contributed by atoms with Crippen LogP contribution in [0.25, 0.3) is 0 Å². The zero-order valence-corrected chi connectivity index (χ0v) is 17.3. The van der Waals surface area contributed by atoms with Gasteiger partial charge in [-0.3, -0.25) is 4.79 Å². The van der Waals surface area contributed by atoms with Gasteiger partial charge in [0.1, 0.15) is 5.82 Å². The molecule has 1 aliphatic carbocycles. The van der Waals surface area contributed by atoms with Crippen LogP contribution >= 0.6 is 11.8 Å². The standard InChI is InChI=1S/C20H28N6OS/c1-13-7-3-5-9-15(13)22-18(27)12-28-11-17-24-19(21)26-20(25-17)23-16-10-6-4-8-14(16)2/h4,6,8,10,13,15H,3,5,7,9,11-12H2,1-2H3,(H,22,27)(H3,21,23,24,25,26)/t13-,15+/m0/s1. The Hall–Kier alpha value is -2.35. The molecule has 1 aromatic carbocycles. The van der Waals surface area contributed by atoms with Gasteiger partial charge < -0.3 is 16.4 Å². The monoisotopic (exact) mass is 400 g/mol. The third-order valence-corrected chi connectivity index (χ3v) is 5.94. The van der Waals surface area contributed by atoms with Crippen molar-refractivity contribution in [2.24, 2.45) is 5.92 Å². The number of carbonyl (C=O) groups is 1. The van der Waals surface area contributed by atoms with E-state index in [0.717, 1.165) is 17.7 Å². The van der Waals surface area contributed by atoms with Gasteiger partial charge in [-0.1, -0.05) is 38.0 Å². The van der Waals surface area contributed by atoms with E-state index < -0.39 is 0 Å². The van der Waals surface area contributed by atoms with Gasteiger partial charge in [0, 0.05) is 11.7 Å². The first kappa shape index (κ1) is 20.4. The number of rotatable bonds is 7. The Balaban J connectivity index is 1.52. The van der Waals surface area contributed by atoms with Crippen LogP contribution in [0, 0.1) is 12.8 Å². The van der Waals surface area contributed by atoms with Crippen molar-refractivity contribution in [2.75, 3.05) is 16.8 Å².